The van der Waals surface area contributed by atoms with Gasteiger partial charge < -0.3 is 9.84 Å². The Morgan fingerprint density at radius 3 is 2.50 bits per heavy atom. The summed E-state index contributed by atoms with van der Waals surface area (Å²) in [6.07, 6.45) is -1.86. The minimum atomic E-state index is -1.17. The van der Waals surface area contributed by atoms with Crippen LogP contribution in [0, 0.1) is 0 Å². The van der Waals surface area contributed by atoms with E-state index < -0.39 is 18.2 Å². The van der Waals surface area contributed by atoms with Crippen LogP contribution in [-0.4, -0.2) is 23.3 Å². The molecule has 5 nitrogen and oxygen atoms in total. The molecule has 0 bridgehead atoms. The topological polar surface area (TPSA) is 75.6 Å². The summed E-state index contributed by atoms with van der Waals surface area (Å²) in [6.45, 7) is 1.27. The van der Waals surface area contributed by atoms with Crippen LogP contribution in [0.4, 0.5) is 4.79 Å². The Balaban J connectivity index is 3.68. The number of aliphatic carboxylic acids is 1. The van der Waals surface area contributed by atoms with Crippen LogP contribution in [0.5, 0.6) is 0 Å². The van der Waals surface area contributed by atoms with Crippen LogP contribution < -0.4 is 3.53 Å². The summed E-state index contributed by atoms with van der Waals surface area (Å²) in [4.78, 5) is 20.4. The monoisotopic (exact) mass is 259 g/mol. The van der Waals surface area contributed by atoms with Crippen LogP contribution in [0.25, 0.3) is 0 Å². The molecule has 0 fully saturated rings. The van der Waals surface area contributed by atoms with E-state index in [1.54, 1.807) is 22.9 Å². The second kappa shape index (κ2) is 4.31. The fourth-order valence-electron chi connectivity index (χ4n) is 0.233. The first-order chi connectivity index (χ1) is 4.57. The molecular weight excluding hydrogens is 253 g/mol. The molecule has 1 unspecified atom stereocenters. The summed E-state index contributed by atoms with van der Waals surface area (Å²) in [5, 5.41) is 8.22. The second-order valence-corrected chi connectivity index (χ2v) is 2.02. The highest BCUT2D eigenvalue weighted by atomic mass is 127. The van der Waals surface area contributed by atoms with Crippen molar-refractivity contribution in [3.63, 3.8) is 0 Å². The molecule has 0 saturated carbocycles. The summed E-state index contributed by atoms with van der Waals surface area (Å²) in [5.41, 5.74) is 0. The van der Waals surface area contributed by atoms with Crippen LogP contribution in [0.15, 0.2) is 0 Å². The molecule has 0 aromatic rings. The first-order valence-electron chi connectivity index (χ1n) is 2.38. The molecule has 0 saturated heterocycles. The van der Waals surface area contributed by atoms with Gasteiger partial charge in [-0.05, 0) is 6.92 Å². The number of carboxylic acids is 1. The van der Waals surface area contributed by atoms with E-state index in [1.807, 2.05) is 0 Å². The summed E-state index contributed by atoms with van der Waals surface area (Å²) in [7, 11) is 0. The molecule has 0 spiro atoms. The maximum absolute atomic E-state index is 10.3. The van der Waals surface area contributed by atoms with E-state index >= 15 is 0 Å². The van der Waals surface area contributed by atoms with E-state index in [2.05, 4.69) is 8.27 Å². The molecule has 1 atom stereocenters. The number of amides is 1. The van der Waals surface area contributed by atoms with Crippen LogP contribution in [-0.2, 0) is 9.53 Å². The van der Waals surface area contributed by atoms with Crippen molar-refractivity contribution in [1.82, 2.24) is 3.53 Å². The standard InChI is InChI=1S/C4H6INO4/c1-2(3(7)8)10-4(9)6-5/h2H,1H3,(H,6,9)(H,7,8). The quantitative estimate of drug-likeness (QED) is 0.560. The first kappa shape index (κ1) is 9.47. The Bertz CT molecular complexity index is 148. The molecular formula is C4H6INO4. The van der Waals surface area contributed by atoms with Crippen molar-refractivity contribution in [2.75, 3.05) is 0 Å². The summed E-state index contributed by atoms with van der Waals surface area (Å²) >= 11 is 1.55. The third-order valence-corrected chi connectivity index (χ3v) is 1.15. The van der Waals surface area contributed by atoms with Gasteiger partial charge in [-0.25, -0.2) is 9.59 Å². The summed E-state index contributed by atoms with van der Waals surface area (Å²) in [6, 6.07) is 0. The van der Waals surface area contributed by atoms with Gasteiger partial charge in [0.25, 0.3) is 0 Å². The SMILES string of the molecule is CC(OC(=O)NI)C(=O)O. The van der Waals surface area contributed by atoms with E-state index in [0.717, 1.165) is 0 Å². The lowest BCUT2D eigenvalue weighted by atomic mass is 10.4. The Labute approximate surface area is 71.2 Å². The molecule has 10 heavy (non-hydrogen) atoms. The zero-order valence-electron chi connectivity index (χ0n) is 5.13. The largest absolute Gasteiger partial charge is 0.479 e. The lowest BCUT2D eigenvalue weighted by Crippen LogP contribution is -2.26. The number of ether oxygens (including phenoxy) is 1. The minimum absolute atomic E-state index is 0.754. The highest BCUT2D eigenvalue weighted by Gasteiger charge is 2.14. The van der Waals surface area contributed by atoms with Crippen molar-refractivity contribution in [3.05, 3.63) is 0 Å². The number of nitrogens with one attached hydrogen (secondary N) is 1. The Hall–Kier alpha value is -0.530. The zero-order chi connectivity index (χ0) is 8.15. The van der Waals surface area contributed by atoms with Gasteiger partial charge in [-0.3, -0.25) is 3.53 Å². The minimum Gasteiger partial charge on any atom is -0.479 e. The van der Waals surface area contributed by atoms with Gasteiger partial charge in [-0.2, -0.15) is 0 Å². The van der Waals surface area contributed by atoms with Gasteiger partial charge in [0.15, 0.2) is 6.10 Å². The lowest BCUT2D eigenvalue weighted by Gasteiger charge is -2.05. The smallest absolute Gasteiger partial charge is 0.416 e. The van der Waals surface area contributed by atoms with E-state index in [1.165, 1.54) is 6.92 Å². The number of rotatable bonds is 2. The molecule has 0 aliphatic carbocycles. The molecule has 0 aliphatic rings. The average Bonchev–Trinajstić information content (AvgIpc) is 1.87. The number of hydrogen-bond acceptors (Lipinski definition) is 3. The average molecular weight is 259 g/mol. The van der Waals surface area contributed by atoms with Crippen molar-refractivity contribution in [2.24, 2.45) is 0 Å². The van der Waals surface area contributed by atoms with Gasteiger partial charge in [-0.15, -0.1) is 0 Å². The van der Waals surface area contributed by atoms with Gasteiger partial charge in [-0.1, -0.05) is 0 Å². The van der Waals surface area contributed by atoms with E-state index in [4.69, 9.17) is 5.11 Å². The zero-order valence-corrected chi connectivity index (χ0v) is 7.28. The normalized spacial score (nSPS) is 11.8. The maximum atomic E-state index is 10.3. The number of carbonyl (C=O) groups is 2. The summed E-state index contributed by atoms with van der Waals surface area (Å²) < 4.78 is 6.40. The summed E-state index contributed by atoms with van der Waals surface area (Å²) in [5.74, 6) is -1.17. The highest BCUT2D eigenvalue weighted by Crippen LogP contribution is 1.91. The van der Waals surface area contributed by atoms with Crippen LogP contribution in [0.1, 0.15) is 6.92 Å². The van der Waals surface area contributed by atoms with E-state index in [9.17, 15) is 9.59 Å². The predicted octanol–water partition coefficient (Wildman–Crippen LogP) is 0.536. The fourth-order valence-corrected chi connectivity index (χ4v) is 0.360. The fraction of sp³-hybridized carbons (Fsp3) is 0.500. The third kappa shape index (κ3) is 3.49. The molecule has 0 aromatic heterocycles. The number of carbonyl (C=O) groups excluding carboxylic acids is 1. The second-order valence-electron chi connectivity index (χ2n) is 1.48. The van der Waals surface area contributed by atoms with Crippen molar-refractivity contribution in [1.29, 1.82) is 0 Å². The van der Waals surface area contributed by atoms with Crippen molar-refractivity contribution < 1.29 is 19.4 Å². The highest BCUT2D eigenvalue weighted by molar-refractivity contribution is 14.1. The van der Waals surface area contributed by atoms with Gasteiger partial charge in [0.05, 0.1) is 22.9 Å². The number of hydrogen-bond donors (Lipinski definition) is 2. The van der Waals surface area contributed by atoms with Gasteiger partial charge in [0.1, 0.15) is 0 Å². The Morgan fingerprint density at radius 2 is 2.20 bits per heavy atom. The van der Waals surface area contributed by atoms with Crippen molar-refractivity contribution >= 4 is 34.9 Å². The molecule has 0 aliphatic heterocycles. The van der Waals surface area contributed by atoms with Crippen molar-refractivity contribution in [2.45, 2.75) is 13.0 Å². The molecule has 0 radical (unpaired) electrons. The third-order valence-electron chi connectivity index (χ3n) is 0.709. The van der Waals surface area contributed by atoms with Gasteiger partial charge in [0.2, 0.25) is 0 Å². The molecule has 0 heterocycles. The predicted molar refractivity (Wildman–Crippen MR) is 40.7 cm³/mol. The maximum Gasteiger partial charge on any atom is 0.416 e. The molecule has 2 N–H and O–H groups in total. The van der Waals surface area contributed by atoms with Gasteiger partial charge in [0, 0.05) is 0 Å². The first-order valence-corrected chi connectivity index (χ1v) is 3.46. The molecule has 1 amide bonds. The van der Waals surface area contributed by atoms with Crippen LogP contribution in [0.3, 0.4) is 0 Å². The Kier molecular flexibility index (Phi) is 4.08. The van der Waals surface area contributed by atoms with Crippen LogP contribution >= 0.6 is 22.9 Å². The molecule has 0 aromatic carbocycles. The number of halogens is 1. The lowest BCUT2D eigenvalue weighted by molar-refractivity contribution is -0.145. The van der Waals surface area contributed by atoms with Crippen LogP contribution in [0.2, 0.25) is 0 Å². The molecule has 58 valence electrons. The number of carboxylic acid groups (broad SMARTS) is 1. The van der Waals surface area contributed by atoms with E-state index in [0.29, 0.717) is 0 Å². The van der Waals surface area contributed by atoms with Crippen molar-refractivity contribution in [3.8, 4) is 0 Å². The van der Waals surface area contributed by atoms with Gasteiger partial charge >= 0.3 is 12.1 Å². The van der Waals surface area contributed by atoms with E-state index in [-0.39, 0.29) is 0 Å². The molecule has 6 heteroatoms. The Morgan fingerprint density at radius 1 is 1.70 bits per heavy atom. The molecule has 0 rings (SSSR count).